The van der Waals surface area contributed by atoms with E-state index in [0.29, 0.717) is 37.4 Å². The van der Waals surface area contributed by atoms with Crippen molar-refractivity contribution in [3.8, 4) is 11.3 Å². The van der Waals surface area contributed by atoms with Crippen molar-refractivity contribution in [3.63, 3.8) is 0 Å². The van der Waals surface area contributed by atoms with Crippen LogP contribution in [0.5, 0.6) is 0 Å². The molecule has 8 nitrogen and oxygen atoms in total. The van der Waals surface area contributed by atoms with E-state index in [-0.39, 0.29) is 29.7 Å². The van der Waals surface area contributed by atoms with E-state index in [1.165, 1.54) is 23.5 Å². The van der Waals surface area contributed by atoms with Crippen LogP contribution in [-0.2, 0) is 7.05 Å². The van der Waals surface area contributed by atoms with Gasteiger partial charge in [0.2, 0.25) is 0 Å². The molecular formula is C26H25FN6O2S. The minimum Gasteiger partial charge on any atom is -0.336 e. The zero-order chi connectivity index (χ0) is 24.8. The maximum atomic E-state index is 13.4. The quantitative estimate of drug-likeness (QED) is 0.452. The van der Waals surface area contributed by atoms with Crippen molar-refractivity contribution >= 4 is 34.1 Å². The highest BCUT2D eigenvalue weighted by atomic mass is 32.1. The van der Waals surface area contributed by atoms with Crippen LogP contribution < -0.4 is 5.32 Å². The first-order chi connectivity index (χ1) is 17.5. The molecule has 6 rings (SSSR count). The Balaban J connectivity index is 1.09. The molecule has 4 heterocycles. The van der Waals surface area contributed by atoms with Gasteiger partial charge >= 0.3 is 0 Å². The number of amides is 2. The molecule has 2 aromatic carbocycles. The molecule has 1 atom stereocenters. The predicted octanol–water partition coefficient (Wildman–Crippen LogP) is 3.16. The molecule has 4 aromatic rings. The van der Waals surface area contributed by atoms with Gasteiger partial charge in [-0.05, 0) is 48.9 Å². The summed E-state index contributed by atoms with van der Waals surface area (Å²) in [6.07, 6.45) is 0.893. The van der Waals surface area contributed by atoms with E-state index in [0.717, 1.165) is 28.6 Å². The number of benzene rings is 2. The molecule has 2 aromatic heterocycles. The Kier molecular flexibility index (Phi) is 5.77. The number of fused-ring (bicyclic) bond motifs is 1. The van der Waals surface area contributed by atoms with Crippen molar-refractivity contribution in [3.05, 3.63) is 70.4 Å². The standard InChI is InChI=1S/C26H25FN6O2S/c1-31-23-7-4-17(10-21(23)24(30-31)16-2-5-18(27)6-3-16)25(34)33-12-20(13-33)29-19-8-9-32(11-19)26(35)22-14-36-15-28-22/h2-7,10,14-15,19-20,29H,8-9,11-13H2,1H3/t19-/m0/s1. The van der Waals surface area contributed by atoms with Crippen LogP contribution in [-0.4, -0.2) is 74.6 Å². The number of rotatable bonds is 5. The van der Waals surface area contributed by atoms with Gasteiger partial charge in [0.25, 0.3) is 11.8 Å². The number of hydrogen-bond acceptors (Lipinski definition) is 6. The summed E-state index contributed by atoms with van der Waals surface area (Å²) in [6.45, 7) is 2.63. The van der Waals surface area contributed by atoms with Crippen molar-refractivity contribution in [2.24, 2.45) is 7.05 Å². The summed E-state index contributed by atoms with van der Waals surface area (Å²) in [5.41, 5.74) is 5.23. The summed E-state index contributed by atoms with van der Waals surface area (Å²) in [6, 6.07) is 12.3. The highest BCUT2D eigenvalue weighted by Crippen LogP contribution is 2.29. The summed E-state index contributed by atoms with van der Waals surface area (Å²) in [7, 11) is 1.86. The number of likely N-dealkylation sites (tertiary alicyclic amines) is 2. The first-order valence-corrected chi connectivity index (χ1v) is 12.9. The summed E-state index contributed by atoms with van der Waals surface area (Å²) < 4.78 is 15.2. The van der Waals surface area contributed by atoms with Crippen molar-refractivity contribution in [1.82, 2.24) is 29.9 Å². The van der Waals surface area contributed by atoms with Gasteiger partial charge < -0.3 is 15.1 Å². The third-order valence-electron chi connectivity index (χ3n) is 6.98. The molecule has 1 N–H and O–H groups in total. The molecule has 2 aliphatic rings. The lowest BCUT2D eigenvalue weighted by Crippen LogP contribution is -2.62. The number of carbonyl (C=O) groups excluding carboxylic acids is 2. The lowest BCUT2D eigenvalue weighted by Gasteiger charge is -2.41. The van der Waals surface area contributed by atoms with Crippen LogP contribution in [0.3, 0.4) is 0 Å². The third kappa shape index (κ3) is 4.16. The molecule has 2 fully saturated rings. The largest absolute Gasteiger partial charge is 0.336 e. The van der Waals surface area contributed by atoms with Crippen LogP contribution in [0.25, 0.3) is 22.2 Å². The van der Waals surface area contributed by atoms with Crippen LogP contribution in [0, 0.1) is 5.82 Å². The minimum absolute atomic E-state index is 0.0169. The Morgan fingerprint density at radius 2 is 1.81 bits per heavy atom. The highest BCUT2D eigenvalue weighted by Gasteiger charge is 2.35. The summed E-state index contributed by atoms with van der Waals surface area (Å²) in [4.78, 5) is 33.5. The van der Waals surface area contributed by atoms with Gasteiger partial charge in [0.05, 0.1) is 11.0 Å². The van der Waals surface area contributed by atoms with Crippen LogP contribution >= 0.6 is 11.3 Å². The lowest BCUT2D eigenvalue weighted by atomic mass is 10.0. The van der Waals surface area contributed by atoms with Gasteiger partial charge in [-0.2, -0.15) is 5.10 Å². The zero-order valence-electron chi connectivity index (χ0n) is 19.7. The Morgan fingerprint density at radius 3 is 2.56 bits per heavy atom. The topological polar surface area (TPSA) is 83.4 Å². The second kappa shape index (κ2) is 9.11. The Labute approximate surface area is 211 Å². The van der Waals surface area contributed by atoms with Crippen molar-refractivity contribution in [1.29, 1.82) is 0 Å². The Morgan fingerprint density at radius 1 is 1.03 bits per heavy atom. The third-order valence-corrected chi connectivity index (χ3v) is 7.57. The first kappa shape index (κ1) is 22.8. The number of carbonyl (C=O) groups is 2. The molecule has 2 amide bonds. The van der Waals surface area contributed by atoms with Crippen molar-refractivity contribution < 1.29 is 14.0 Å². The van der Waals surface area contributed by atoms with E-state index in [2.05, 4.69) is 15.4 Å². The van der Waals surface area contributed by atoms with E-state index in [1.807, 2.05) is 35.0 Å². The summed E-state index contributed by atoms with van der Waals surface area (Å²) >= 11 is 1.42. The number of hydrogen-bond donors (Lipinski definition) is 1. The van der Waals surface area contributed by atoms with Crippen LogP contribution in [0.1, 0.15) is 27.3 Å². The predicted molar refractivity (Wildman–Crippen MR) is 135 cm³/mol. The Hall–Kier alpha value is -3.63. The molecular weight excluding hydrogens is 479 g/mol. The van der Waals surface area contributed by atoms with E-state index in [9.17, 15) is 14.0 Å². The van der Waals surface area contributed by atoms with Crippen LogP contribution in [0.4, 0.5) is 4.39 Å². The van der Waals surface area contributed by atoms with Gasteiger partial charge in [0, 0.05) is 67.2 Å². The van der Waals surface area contributed by atoms with Crippen LogP contribution in [0.2, 0.25) is 0 Å². The molecule has 0 spiro atoms. The lowest BCUT2D eigenvalue weighted by molar-refractivity contribution is 0.0553. The maximum Gasteiger partial charge on any atom is 0.273 e. The number of halogens is 1. The molecule has 2 aliphatic heterocycles. The normalized spacial score (nSPS) is 18.1. The molecule has 10 heteroatoms. The smallest absolute Gasteiger partial charge is 0.273 e. The number of aromatic nitrogens is 3. The molecule has 2 saturated heterocycles. The molecule has 0 unspecified atom stereocenters. The number of thiazole rings is 1. The molecule has 184 valence electrons. The SMILES string of the molecule is Cn1nc(-c2ccc(F)cc2)c2cc(C(=O)N3CC(N[C@H]4CCN(C(=O)c5cscn5)C4)C3)ccc21. The van der Waals surface area contributed by atoms with Gasteiger partial charge in [-0.3, -0.25) is 14.3 Å². The fraction of sp³-hybridized carbons (Fsp3) is 0.308. The van der Waals surface area contributed by atoms with Crippen LogP contribution in [0.15, 0.2) is 53.4 Å². The highest BCUT2D eigenvalue weighted by molar-refractivity contribution is 7.07. The fourth-order valence-corrected chi connectivity index (χ4v) is 5.57. The fourth-order valence-electron chi connectivity index (χ4n) is 5.05. The summed E-state index contributed by atoms with van der Waals surface area (Å²) in [5.74, 6) is -0.334. The number of nitrogens with one attached hydrogen (secondary N) is 1. The average molecular weight is 505 g/mol. The number of aryl methyl sites for hydroxylation is 1. The second-order valence-electron chi connectivity index (χ2n) is 9.40. The molecule has 0 radical (unpaired) electrons. The van der Waals surface area contributed by atoms with E-state index in [4.69, 9.17) is 0 Å². The first-order valence-electron chi connectivity index (χ1n) is 11.9. The minimum atomic E-state index is -0.299. The number of nitrogens with zero attached hydrogens (tertiary/aromatic N) is 5. The maximum absolute atomic E-state index is 13.4. The molecule has 0 bridgehead atoms. The second-order valence-corrected chi connectivity index (χ2v) is 10.1. The molecule has 0 saturated carbocycles. The molecule has 0 aliphatic carbocycles. The molecule has 36 heavy (non-hydrogen) atoms. The van der Waals surface area contributed by atoms with Gasteiger partial charge in [-0.15, -0.1) is 11.3 Å². The van der Waals surface area contributed by atoms with Crippen molar-refractivity contribution in [2.75, 3.05) is 26.2 Å². The van der Waals surface area contributed by atoms with E-state index in [1.54, 1.807) is 27.7 Å². The van der Waals surface area contributed by atoms with Gasteiger partial charge in [-0.1, -0.05) is 0 Å². The monoisotopic (exact) mass is 504 g/mol. The summed E-state index contributed by atoms with van der Waals surface area (Å²) in [5, 5.41) is 10.8. The van der Waals surface area contributed by atoms with Gasteiger partial charge in [-0.25, -0.2) is 9.37 Å². The van der Waals surface area contributed by atoms with Crippen molar-refractivity contribution in [2.45, 2.75) is 18.5 Å². The van der Waals surface area contributed by atoms with Gasteiger partial charge in [0.15, 0.2) is 0 Å². The average Bonchev–Trinajstić information content (AvgIpc) is 3.62. The van der Waals surface area contributed by atoms with E-state index >= 15 is 0 Å². The zero-order valence-corrected chi connectivity index (χ0v) is 20.5. The Bertz CT molecular complexity index is 1430. The van der Waals surface area contributed by atoms with E-state index < -0.39 is 0 Å². The van der Waals surface area contributed by atoms with Gasteiger partial charge in [0.1, 0.15) is 17.2 Å².